The average Bonchev–Trinajstić information content (AvgIpc) is 2.78. The van der Waals surface area contributed by atoms with Crippen LogP contribution in [0.15, 0.2) is 72.3 Å². The molecule has 0 atom stereocenters. The Morgan fingerprint density at radius 1 is 0.848 bits per heavy atom. The van der Waals surface area contributed by atoms with Gasteiger partial charge in [0.05, 0.1) is 15.7 Å². The minimum absolute atomic E-state index is 0.168. The van der Waals surface area contributed by atoms with Gasteiger partial charge in [0.1, 0.15) is 17.9 Å². The number of para-hydroxylation sites is 1. The van der Waals surface area contributed by atoms with Crippen molar-refractivity contribution in [3.8, 4) is 5.75 Å². The van der Waals surface area contributed by atoms with Crippen LogP contribution in [-0.2, 0) is 16.2 Å². The molecule has 0 bridgehead atoms. The summed E-state index contributed by atoms with van der Waals surface area (Å²) in [4.78, 5) is 38.5. The van der Waals surface area contributed by atoms with Crippen molar-refractivity contribution in [1.29, 1.82) is 0 Å². The number of imide groups is 2. The number of halogens is 3. The summed E-state index contributed by atoms with van der Waals surface area (Å²) in [6, 6.07) is 17.5. The van der Waals surface area contributed by atoms with Crippen molar-refractivity contribution >= 4 is 64.4 Å². The van der Waals surface area contributed by atoms with Gasteiger partial charge in [-0.15, -0.1) is 0 Å². The maximum Gasteiger partial charge on any atom is 0.335 e. The minimum atomic E-state index is -0.878. The first-order valence-electron chi connectivity index (χ1n) is 9.67. The highest BCUT2D eigenvalue weighted by atomic mass is 35.5. The van der Waals surface area contributed by atoms with Gasteiger partial charge < -0.3 is 4.74 Å². The Bertz CT molecular complexity index is 1310. The number of rotatable bonds is 5. The summed E-state index contributed by atoms with van der Waals surface area (Å²) < 4.78 is 5.74. The lowest BCUT2D eigenvalue weighted by atomic mass is 10.1. The van der Waals surface area contributed by atoms with Gasteiger partial charge in [-0.05, 0) is 42.0 Å². The van der Waals surface area contributed by atoms with Crippen LogP contribution >= 0.6 is 34.8 Å². The molecule has 1 aliphatic rings. The third kappa shape index (κ3) is 4.88. The minimum Gasteiger partial charge on any atom is -0.487 e. The number of hydrogen-bond acceptors (Lipinski definition) is 4. The van der Waals surface area contributed by atoms with E-state index in [1.165, 1.54) is 12.1 Å². The lowest BCUT2D eigenvalue weighted by Gasteiger charge is -2.27. The van der Waals surface area contributed by atoms with Crippen LogP contribution in [0, 0.1) is 0 Å². The smallest absolute Gasteiger partial charge is 0.335 e. The van der Waals surface area contributed by atoms with Crippen LogP contribution in [0.5, 0.6) is 5.75 Å². The molecule has 1 heterocycles. The molecule has 33 heavy (non-hydrogen) atoms. The SMILES string of the molecule is O=C1NC(=O)N(c2ccccc2Cl)C(=O)/C1=C/c1ccc(OCc2ccccc2Cl)c(Cl)c1. The Morgan fingerprint density at radius 2 is 1.55 bits per heavy atom. The lowest BCUT2D eigenvalue weighted by molar-refractivity contribution is -0.122. The number of nitrogens with zero attached hydrogens (tertiary/aromatic N) is 1. The molecule has 0 aromatic heterocycles. The van der Waals surface area contributed by atoms with Crippen LogP contribution in [0.2, 0.25) is 15.1 Å². The van der Waals surface area contributed by atoms with E-state index in [1.807, 2.05) is 18.2 Å². The Kier molecular flexibility index (Phi) is 6.70. The highest BCUT2D eigenvalue weighted by molar-refractivity contribution is 6.42. The van der Waals surface area contributed by atoms with E-state index in [0.29, 0.717) is 16.3 Å². The Hall–Kier alpha value is -3.32. The highest BCUT2D eigenvalue weighted by Gasteiger charge is 2.37. The first kappa shape index (κ1) is 22.9. The molecule has 1 N–H and O–H groups in total. The van der Waals surface area contributed by atoms with Gasteiger partial charge in [-0.3, -0.25) is 14.9 Å². The predicted octanol–water partition coefficient (Wildman–Crippen LogP) is 5.89. The summed E-state index contributed by atoms with van der Waals surface area (Å²) in [7, 11) is 0. The monoisotopic (exact) mass is 500 g/mol. The number of hydrogen-bond donors (Lipinski definition) is 1. The van der Waals surface area contributed by atoms with Crippen LogP contribution in [-0.4, -0.2) is 17.8 Å². The molecule has 0 saturated carbocycles. The second kappa shape index (κ2) is 9.67. The molecule has 0 aliphatic carbocycles. The molecule has 3 aromatic rings. The van der Waals surface area contributed by atoms with Gasteiger partial charge in [0.2, 0.25) is 0 Å². The number of carbonyl (C=O) groups excluding carboxylic acids is 3. The maximum absolute atomic E-state index is 13.0. The van der Waals surface area contributed by atoms with Gasteiger partial charge >= 0.3 is 6.03 Å². The summed E-state index contributed by atoms with van der Waals surface area (Å²) in [6.45, 7) is 0.218. The molecule has 4 amide bonds. The topological polar surface area (TPSA) is 75.7 Å². The number of ether oxygens (including phenoxy) is 1. The van der Waals surface area contributed by atoms with Gasteiger partial charge in [0, 0.05) is 10.6 Å². The molecule has 0 unspecified atom stereocenters. The molecular formula is C24H15Cl3N2O4. The number of benzene rings is 3. The summed E-state index contributed by atoms with van der Waals surface area (Å²) >= 11 is 18.6. The fraction of sp³-hybridized carbons (Fsp3) is 0.0417. The van der Waals surface area contributed by atoms with E-state index in [9.17, 15) is 14.4 Å². The molecule has 1 saturated heterocycles. The number of urea groups is 1. The molecule has 6 nitrogen and oxygen atoms in total. The van der Waals surface area contributed by atoms with Crippen molar-refractivity contribution < 1.29 is 19.1 Å². The van der Waals surface area contributed by atoms with Crippen molar-refractivity contribution in [2.24, 2.45) is 0 Å². The summed E-state index contributed by atoms with van der Waals surface area (Å²) in [5.74, 6) is -1.21. The Balaban J connectivity index is 1.58. The lowest BCUT2D eigenvalue weighted by Crippen LogP contribution is -2.54. The van der Waals surface area contributed by atoms with E-state index >= 15 is 0 Å². The van der Waals surface area contributed by atoms with Crippen LogP contribution in [0.3, 0.4) is 0 Å². The fourth-order valence-corrected chi connectivity index (χ4v) is 3.82. The first-order valence-corrected chi connectivity index (χ1v) is 10.8. The quantitative estimate of drug-likeness (QED) is 0.349. The Morgan fingerprint density at radius 3 is 2.24 bits per heavy atom. The second-order valence-electron chi connectivity index (χ2n) is 6.98. The zero-order chi connectivity index (χ0) is 23.5. The largest absolute Gasteiger partial charge is 0.487 e. The van der Waals surface area contributed by atoms with Crippen molar-refractivity contribution in [3.63, 3.8) is 0 Å². The maximum atomic E-state index is 13.0. The molecule has 1 fully saturated rings. The number of nitrogens with one attached hydrogen (secondary N) is 1. The molecule has 4 rings (SSSR count). The van der Waals surface area contributed by atoms with E-state index < -0.39 is 17.8 Å². The number of barbiturate groups is 1. The third-order valence-electron chi connectivity index (χ3n) is 4.80. The van der Waals surface area contributed by atoms with Crippen LogP contribution in [0.1, 0.15) is 11.1 Å². The zero-order valence-electron chi connectivity index (χ0n) is 16.8. The van der Waals surface area contributed by atoms with Gasteiger partial charge in [-0.2, -0.15) is 0 Å². The Labute approximate surface area is 204 Å². The molecule has 0 radical (unpaired) electrons. The summed E-state index contributed by atoms with van der Waals surface area (Å²) in [5, 5.41) is 3.20. The standard InChI is InChI=1S/C24H15Cl3N2O4/c25-17-6-2-1-5-15(17)13-33-21-10-9-14(12-19(21)27)11-16-22(30)28-24(32)29(23(16)31)20-8-4-3-7-18(20)26/h1-12H,13H2,(H,28,30,32)/b16-11+. The predicted molar refractivity (Wildman–Crippen MR) is 128 cm³/mol. The zero-order valence-corrected chi connectivity index (χ0v) is 19.1. The second-order valence-corrected chi connectivity index (χ2v) is 8.20. The fourth-order valence-electron chi connectivity index (χ4n) is 3.17. The number of carbonyl (C=O) groups is 3. The van der Waals surface area contributed by atoms with Crippen molar-refractivity contribution in [2.75, 3.05) is 4.90 Å². The number of amides is 4. The molecular weight excluding hydrogens is 487 g/mol. The van der Waals surface area contributed by atoms with Crippen molar-refractivity contribution in [1.82, 2.24) is 5.32 Å². The van der Waals surface area contributed by atoms with E-state index in [1.54, 1.807) is 42.5 Å². The van der Waals surface area contributed by atoms with Crippen molar-refractivity contribution in [2.45, 2.75) is 6.61 Å². The van der Waals surface area contributed by atoms with Gasteiger partial charge in [0.15, 0.2) is 0 Å². The first-order chi connectivity index (χ1) is 15.8. The summed E-state index contributed by atoms with van der Waals surface area (Å²) in [5.41, 5.74) is 1.20. The van der Waals surface area contributed by atoms with E-state index in [0.717, 1.165) is 10.5 Å². The van der Waals surface area contributed by atoms with Crippen LogP contribution in [0.25, 0.3) is 6.08 Å². The van der Waals surface area contributed by atoms with Gasteiger partial charge in [-0.1, -0.05) is 71.2 Å². The van der Waals surface area contributed by atoms with E-state index in [4.69, 9.17) is 39.5 Å². The van der Waals surface area contributed by atoms with Crippen LogP contribution in [0.4, 0.5) is 10.5 Å². The molecule has 166 valence electrons. The normalized spacial score (nSPS) is 15.1. The molecule has 1 aliphatic heterocycles. The average molecular weight is 502 g/mol. The highest BCUT2D eigenvalue weighted by Crippen LogP contribution is 2.31. The van der Waals surface area contributed by atoms with Gasteiger partial charge in [0.25, 0.3) is 11.8 Å². The van der Waals surface area contributed by atoms with Crippen molar-refractivity contribution in [3.05, 3.63) is 98.5 Å². The van der Waals surface area contributed by atoms with E-state index in [-0.39, 0.29) is 27.9 Å². The summed E-state index contributed by atoms with van der Waals surface area (Å²) in [6.07, 6.45) is 1.34. The third-order valence-corrected chi connectivity index (χ3v) is 5.79. The molecule has 3 aromatic carbocycles. The molecule has 0 spiro atoms. The van der Waals surface area contributed by atoms with Gasteiger partial charge in [-0.25, -0.2) is 9.69 Å². The molecule has 9 heteroatoms. The van der Waals surface area contributed by atoms with E-state index in [2.05, 4.69) is 5.32 Å². The van der Waals surface area contributed by atoms with Crippen LogP contribution < -0.4 is 15.0 Å². The number of anilines is 1.